The van der Waals surface area contributed by atoms with Crippen LogP contribution in [0.2, 0.25) is 0 Å². The van der Waals surface area contributed by atoms with Gasteiger partial charge in [-0.1, -0.05) is 102 Å². The van der Waals surface area contributed by atoms with Gasteiger partial charge < -0.3 is 14.2 Å². The van der Waals surface area contributed by atoms with Crippen molar-refractivity contribution in [1.82, 2.24) is 0 Å². The van der Waals surface area contributed by atoms with E-state index in [4.69, 9.17) is 25.8 Å². The second-order valence-electron chi connectivity index (χ2n) is 20.3. The van der Waals surface area contributed by atoms with E-state index >= 15 is 0 Å². The van der Waals surface area contributed by atoms with Gasteiger partial charge in [-0.15, -0.1) is 11.6 Å². The number of carbonyl (C=O) groups is 1. The highest BCUT2D eigenvalue weighted by molar-refractivity contribution is 7.85. The second kappa shape index (κ2) is 18.7. The number of alkyl halides is 1. The van der Waals surface area contributed by atoms with Gasteiger partial charge in [-0.25, -0.2) is 4.21 Å². The molecule has 0 spiro atoms. The highest BCUT2D eigenvalue weighted by Crippen LogP contribution is 2.50. The third-order valence-corrected chi connectivity index (χ3v) is 14.4. The second-order valence-corrected chi connectivity index (χ2v) is 22.7. The number of hydrogen-bond donors (Lipinski definition) is 0. The van der Waals surface area contributed by atoms with Gasteiger partial charge in [0.05, 0.1) is 21.8 Å². The molecular weight excluding hydrogens is 832 g/mol. The smallest absolute Gasteiger partial charge is 0.193 e. The Labute approximate surface area is 389 Å². The molecule has 64 heavy (non-hydrogen) atoms. The molecule has 6 aromatic carbocycles. The summed E-state index contributed by atoms with van der Waals surface area (Å²) in [5.41, 5.74) is 5.04. The minimum absolute atomic E-state index is 0.0258. The lowest BCUT2D eigenvalue weighted by Gasteiger charge is -2.38. The van der Waals surface area contributed by atoms with Gasteiger partial charge in [0, 0.05) is 20.9 Å². The zero-order chi connectivity index (χ0) is 46.0. The minimum atomic E-state index is -1.32. The van der Waals surface area contributed by atoms with Crippen LogP contribution in [0.25, 0.3) is 11.1 Å². The lowest BCUT2D eigenvalue weighted by atomic mass is 9.67. The van der Waals surface area contributed by atoms with Gasteiger partial charge in [-0.3, -0.25) is 4.79 Å². The molecule has 0 heterocycles. The SMILES string of the molecule is CC(C)C1CC(C)(C)CC(Oc2ccc(C(=O)c3ccc(C(C)(C)Oc4ccc(-c5ccc(Oc6ccc(S(=O)c7ccc(C(C)(C)Cl)cc7)cc6)cc5)cc4)cc3)cc2)CC1(C)C. The monoisotopic (exact) mass is 894 g/mol. The average Bonchev–Trinajstić information content (AvgIpc) is 3.35. The van der Waals surface area contributed by atoms with E-state index in [1.54, 1.807) is 0 Å². The molecule has 6 aromatic rings. The van der Waals surface area contributed by atoms with Crippen LogP contribution in [-0.2, 0) is 21.3 Å². The Morgan fingerprint density at radius 1 is 0.594 bits per heavy atom. The summed E-state index contributed by atoms with van der Waals surface area (Å²) in [5.74, 6) is 4.16. The average molecular weight is 896 g/mol. The third kappa shape index (κ3) is 11.4. The predicted molar refractivity (Wildman–Crippen MR) is 263 cm³/mol. The summed E-state index contributed by atoms with van der Waals surface area (Å²) in [4.78, 5) is 14.5. The molecule has 0 aromatic heterocycles. The van der Waals surface area contributed by atoms with Crippen LogP contribution in [0.3, 0.4) is 0 Å². The molecule has 0 bridgehead atoms. The Balaban J connectivity index is 0.916. The molecule has 0 aliphatic heterocycles. The Bertz CT molecular complexity index is 2530. The Morgan fingerprint density at radius 3 is 1.53 bits per heavy atom. The molecule has 1 aliphatic rings. The van der Waals surface area contributed by atoms with Crippen molar-refractivity contribution in [3.8, 4) is 34.1 Å². The molecule has 7 rings (SSSR count). The first-order valence-corrected chi connectivity index (χ1v) is 24.0. The van der Waals surface area contributed by atoms with Crippen LogP contribution >= 0.6 is 11.6 Å². The largest absolute Gasteiger partial charge is 0.490 e. The summed E-state index contributed by atoms with van der Waals surface area (Å²) < 4.78 is 32.4. The van der Waals surface area contributed by atoms with Crippen LogP contribution in [0.15, 0.2) is 155 Å². The van der Waals surface area contributed by atoms with Crippen LogP contribution in [0.1, 0.15) is 116 Å². The van der Waals surface area contributed by atoms with Crippen molar-refractivity contribution < 1.29 is 23.2 Å². The lowest BCUT2D eigenvalue weighted by molar-refractivity contribution is 0.0908. The minimum Gasteiger partial charge on any atom is -0.490 e. The molecular formula is C57H63ClO5S. The molecule has 3 unspecified atom stereocenters. The third-order valence-electron chi connectivity index (χ3n) is 12.8. The Kier molecular flexibility index (Phi) is 13.7. The number of hydrogen-bond acceptors (Lipinski definition) is 5. The summed E-state index contributed by atoms with van der Waals surface area (Å²) in [7, 11) is -1.32. The molecule has 334 valence electrons. The fourth-order valence-electron chi connectivity index (χ4n) is 9.33. The molecule has 5 nitrogen and oxygen atoms in total. The zero-order valence-corrected chi connectivity index (χ0v) is 40.6. The lowest BCUT2D eigenvalue weighted by Crippen LogP contribution is -2.31. The maximum absolute atomic E-state index is 13.6. The van der Waals surface area contributed by atoms with Crippen molar-refractivity contribution in [1.29, 1.82) is 0 Å². The predicted octanol–water partition coefficient (Wildman–Crippen LogP) is 15.6. The van der Waals surface area contributed by atoms with Crippen molar-refractivity contribution in [3.63, 3.8) is 0 Å². The van der Waals surface area contributed by atoms with Crippen LogP contribution in [0.4, 0.5) is 0 Å². The van der Waals surface area contributed by atoms with E-state index < -0.39 is 21.3 Å². The summed E-state index contributed by atoms with van der Waals surface area (Å²) >= 11 is 6.42. The fraction of sp³-hybridized carbons (Fsp3) is 0.351. The Hall–Kier alpha value is -5.17. The molecule has 0 amide bonds. The van der Waals surface area contributed by atoms with E-state index in [1.165, 1.54) is 6.42 Å². The summed E-state index contributed by atoms with van der Waals surface area (Å²) in [5, 5.41) is 0. The maximum Gasteiger partial charge on any atom is 0.193 e. The van der Waals surface area contributed by atoms with Crippen molar-refractivity contribution in [3.05, 3.63) is 168 Å². The number of rotatable bonds is 14. The highest BCUT2D eigenvalue weighted by Gasteiger charge is 2.43. The van der Waals surface area contributed by atoms with Crippen molar-refractivity contribution in [2.45, 2.75) is 115 Å². The first-order valence-electron chi connectivity index (χ1n) is 22.5. The molecule has 0 N–H and O–H groups in total. The van der Waals surface area contributed by atoms with Gasteiger partial charge in [0.2, 0.25) is 0 Å². The van der Waals surface area contributed by atoms with E-state index in [2.05, 4.69) is 41.5 Å². The van der Waals surface area contributed by atoms with E-state index in [9.17, 15) is 9.00 Å². The first kappa shape index (κ1) is 46.8. The standard InChI is InChI=1S/C57H63ClO5S/c1-38(2)52-37-54(3,4)35-49(36-55(52,5)6)62-46-25-17-42(18-26-46)53(59)41-11-19-44(20-12-41)57(9,10)63-48-27-15-40(16-28-48)39-13-23-45(24-14-39)61-47-29-33-51(34-30-47)64(60)50-31-21-43(22-32-50)56(7,8)58/h11-34,38,49,52H,35-37H2,1-10H3. The molecule has 0 radical (unpaired) electrons. The molecule has 1 aliphatic carbocycles. The number of ketones is 1. The normalized spacial score (nSPS) is 17.9. The van der Waals surface area contributed by atoms with Crippen LogP contribution < -0.4 is 14.2 Å². The van der Waals surface area contributed by atoms with Crippen LogP contribution in [0, 0.1) is 22.7 Å². The van der Waals surface area contributed by atoms with Crippen molar-refractivity contribution >= 4 is 28.2 Å². The van der Waals surface area contributed by atoms with Crippen LogP contribution in [0.5, 0.6) is 23.0 Å². The molecule has 1 saturated carbocycles. The first-order chi connectivity index (χ1) is 30.2. The van der Waals surface area contributed by atoms with Crippen molar-refractivity contribution in [2.24, 2.45) is 22.7 Å². The number of halogens is 1. The van der Waals surface area contributed by atoms with Crippen molar-refractivity contribution in [2.75, 3.05) is 0 Å². The highest BCUT2D eigenvalue weighted by atomic mass is 35.5. The topological polar surface area (TPSA) is 61.8 Å². The van der Waals surface area contributed by atoms with E-state index in [0.29, 0.717) is 39.4 Å². The summed E-state index contributed by atoms with van der Waals surface area (Å²) in [6.45, 7) is 22.2. The molecule has 1 fully saturated rings. The van der Waals surface area contributed by atoms with E-state index in [1.807, 2.05) is 173 Å². The summed E-state index contributed by atoms with van der Waals surface area (Å²) in [6, 6.07) is 46.2. The van der Waals surface area contributed by atoms with Gasteiger partial charge in [-0.05, 0) is 177 Å². The zero-order valence-electron chi connectivity index (χ0n) is 39.0. The van der Waals surface area contributed by atoms with E-state index in [0.717, 1.165) is 51.5 Å². The Morgan fingerprint density at radius 2 is 1.03 bits per heavy atom. The van der Waals surface area contributed by atoms with Gasteiger partial charge in [0.25, 0.3) is 0 Å². The van der Waals surface area contributed by atoms with Gasteiger partial charge in [0.1, 0.15) is 28.6 Å². The molecule has 3 atom stereocenters. The number of ether oxygens (including phenoxy) is 3. The quantitative estimate of drug-likeness (QED) is 0.0619. The molecule has 0 saturated heterocycles. The number of benzene rings is 6. The molecule has 7 heteroatoms. The van der Waals surface area contributed by atoms with Gasteiger partial charge in [0.15, 0.2) is 5.78 Å². The maximum atomic E-state index is 13.6. The van der Waals surface area contributed by atoms with Gasteiger partial charge in [-0.2, -0.15) is 0 Å². The van der Waals surface area contributed by atoms with E-state index in [-0.39, 0.29) is 22.7 Å². The van der Waals surface area contributed by atoms with Crippen LogP contribution in [-0.4, -0.2) is 16.1 Å². The van der Waals surface area contributed by atoms with Gasteiger partial charge >= 0.3 is 0 Å². The summed E-state index contributed by atoms with van der Waals surface area (Å²) in [6.07, 6.45) is 3.36. The number of carbonyl (C=O) groups excluding carboxylic acids is 1. The fourth-order valence-corrected chi connectivity index (χ4v) is 10.5.